The van der Waals surface area contributed by atoms with Crippen LogP contribution < -0.4 is 10.6 Å². The fraction of sp³-hybridized carbons (Fsp3) is 0.333. The molecule has 0 radical (unpaired) electrons. The van der Waals surface area contributed by atoms with E-state index in [0.29, 0.717) is 34.6 Å². The molecule has 110 valence electrons. The molecule has 1 aromatic heterocycles. The molecule has 0 unspecified atom stereocenters. The molecule has 9 heteroatoms. The first-order chi connectivity index (χ1) is 10.0. The van der Waals surface area contributed by atoms with Crippen LogP contribution in [0.4, 0.5) is 10.5 Å². The van der Waals surface area contributed by atoms with E-state index in [-0.39, 0.29) is 6.54 Å². The van der Waals surface area contributed by atoms with Gasteiger partial charge in [0.05, 0.1) is 27.9 Å². The highest BCUT2D eigenvalue weighted by molar-refractivity contribution is 7.00. The molecular formula is C12H11ClN4O3S. The van der Waals surface area contributed by atoms with Crippen LogP contribution in [0.1, 0.15) is 12.8 Å². The molecule has 0 atom stereocenters. The van der Waals surface area contributed by atoms with Gasteiger partial charge in [0.15, 0.2) is 0 Å². The summed E-state index contributed by atoms with van der Waals surface area (Å²) < 4.78 is 8.16. The number of anilines is 1. The predicted molar refractivity (Wildman–Crippen MR) is 78.7 cm³/mol. The Morgan fingerprint density at radius 3 is 2.81 bits per heavy atom. The molecule has 3 N–H and O–H groups in total. The molecule has 1 saturated carbocycles. The van der Waals surface area contributed by atoms with E-state index in [9.17, 15) is 9.59 Å². The van der Waals surface area contributed by atoms with Gasteiger partial charge in [0.1, 0.15) is 11.0 Å². The summed E-state index contributed by atoms with van der Waals surface area (Å²) in [4.78, 5) is 22.9. The first-order valence-electron chi connectivity index (χ1n) is 6.21. The number of carbonyl (C=O) groups excluding carboxylic acids is 1. The van der Waals surface area contributed by atoms with E-state index in [4.69, 9.17) is 16.7 Å². The zero-order valence-corrected chi connectivity index (χ0v) is 12.3. The smallest absolute Gasteiger partial charge is 0.319 e. The van der Waals surface area contributed by atoms with Crippen molar-refractivity contribution in [2.24, 2.45) is 5.41 Å². The van der Waals surface area contributed by atoms with Crippen molar-refractivity contribution >= 4 is 52.1 Å². The van der Waals surface area contributed by atoms with Crippen LogP contribution in [0, 0.1) is 5.41 Å². The summed E-state index contributed by atoms with van der Waals surface area (Å²) in [7, 11) is 0. The summed E-state index contributed by atoms with van der Waals surface area (Å²) in [5, 5.41) is 14.6. The SMILES string of the molecule is O=C(NCC1(C(=O)O)CC1)Nc1c(Cl)ccc2nsnc12. The van der Waals surface area contributed by atoms with Crippen LogP contribution in [-0.2, 0) is 4.79 Å². The van der Waals surface area contributed by atoms with Gasteiger partial charge < -0.3 is 15.7 Å². The number of nitrogens with one attached hydrogen (secondary N) is 2. The number of nitrogens with zero attached hydrogens (tertiary/aromatic N) is 2. The Balaban J connectivity index is 1.70. The number of halogens is 1. The van der Waals surface area contributed by atoms with Gasteiger partial charge in [-0.3, -0.25) is 4.79 Å². The number of amides is 2. The van der Waals surface area contributed by atoms with E-state index in [0.717, 1.165) is 11.7 Å². The fourth-order valence-corrected chi connectivity index (χ4v) is 2.71. The second-order valence-electron chi connectivity index (χ2n) is 4.95. The quantitative estimate of drug-likeness (QED) is 0.800. The lowest BCUT2D eigenvalue weighted by Gasteiger charge is -2.12. The minimum Gasteiger partial charge on any atom is -0.481 e. The van der Waals surface area contributed by atoms with Gasteiger partial charge >= 0.3 is 12.0 Å². The Morgan fingerprint density at radius 2 is 2.14 bits per heavy atom. The van der Waals surface area contributed by atoms with Crippen LogP contribution in [0.5, 0.6) is 0 Å². The van der Waals surface area contributed by atoms with Crippen molar-refractivity contribution in [1.29, 1.82) is 0 Å². The van der Waals surface area contributed by atoms with Crippen molar-refractivity contribution < 1.29 is 14.7 Å². The maximum atomic E-state index is 11.9. The minimum atomic E-state index is -0.883. The maximum Gasteiger partial charge on any atom is 0.319 e. The molecule has 21 heavy (non-hydrogen) atoms. The number of benzene rings is 1. The number of carboxylic acid groups (broad SMARTS) is 1. The van der Waals surface area contributed by atoms with E-state index in [2.05, 4.69) is 19.4 Å². The zero-order valence-electron chi connectivity index (χ0n) is 10.7. The Kier molecular flexibility index (Phi) is 3.42. The van der Waals surface area contributed by atoms with Gasteiger partial charge in [-0.15, -0.1) is 0 Å². The maximum absolute atomic E-state index is 11.9. The van der Waals surface area contributed by atoms with Gasteiger partial charge in [-0.1, -0.05) is 11.6 Å². The highest BCUT2D eigenvalue weighted by Crippen LogP contribution is 2.45. The van der Waals surface area contributed by atoms with Gasteiger partial charge in [0.2, 0.25) is 0 Å². The lowest BCUT2D eigenvalue weighted by atomic mass is 10.1. The summed E-state index contributed by atoms with van der Waals surface area (Å²) in [6, 6.07) is 2.83. The summed E-state index contributed by atoms with van der Waals surface area (Å²) in [6.45, 7) is 0.0943. The highest BCUT2D eigenvalue weighted by atomic mass is 35.5. The van der Waals surface area contributed by atoms with Gasteiger partial charge in [0, 0.05) is 6.54 Å². The molecule has 1 fully saturated rings. The molecule has 1 aliphatic rings. The summed E-state index contributed by atoms with van der Waals surface area (Å²) in [6.07, 6.45) is 1.16. The van der Waals surface area contributed by atoms with E-state index in [1.165, 1.54) is 0 Å². The lowest BCUT2D eigenvalue weighted by Crippen LogP contribution is -2.36. The fourth-order valence-electron chi connectivity index (χ4n) is 1.97. The molecule has 2 amide bonds. The number of fused-ring (bicyclic) bond motifs is 1. The van der Waals surface area contributed by atoms with Crippen LogP contribution in [0.15, 0.2) is 12.1 Å². The predicted octanol–water partition coefficient (Wildman–Crippen LogP) is 2.33. The van der Waals surface area contributed by atoms with Crippen LogP contribution in [0.2, 0.25) is 5.02 Å². The molecule has 1 heterocycles. The van der Waals surface area contributed by atoms with Gasteiger partial charge in [0.25, 0.3) is 0 Å². The van der Waals surface area contributed by atoms with E-state index >= 15 is 0 Å². The number of aliphatic carboxylic acids is 1. The number of carboxylic acids is 1. The number of hydrogen-bond acceptors (Lipinski definition) is 5. The molecule has 0 aliphatic heterocycles. The van der Waals surface area contributed by atoms with Crippen molar-refractivity contribution in [1.82, 2.24) is 14.1 Å². The van der Waals surface area contributed by atoms with Gasteiger partial charge in [-0.25, -0.2) is 4.79 Å². The third-order valence-corrected chi connectivity index (χ3v) is 4.37. The van der Waals surface area contributed by atoms with E-state index < -0.39 is 17.4 Å². The number of aromatic nitrogens is 2. The first-order valence-corrected chi connectivity index (χ1v) is 7.32. The molecule has 1 aromatic carbocycles. The number of rotatable bonds is 4. The average molecular weight is 327 g/mol. The third-order valence-electron chi connectivity index (χ3n) is 3.51. The number of urea groups is 1. The third kappa shape index (κ3) is 2.64. The van der Waals surface area contributed by atoms with E-state index in [1.54, 1.807) is 12.1 Å². The molecule has 0 spiro atoms. The van der Waals surface area contributed by atoms with Crippen molar-refractivity contribution in [2.75, 3.05) is 11.9 Å². The van der Waals surface area contributed by atoms with Crippen molar-refractivity contribution in [3.63, 3.8) is 0 Å². The number of hydrogen-bond donors (Lipinski definition) is 3. The van der Waals surface area contributed by atoms with Gasteiger partial charge in [-0.2, -0.15) is 8.75 Å². The van der Waals surface area contributed by atoms with Gasteiger partial charge in [-0.05, 0) is 25.0 Å². The molecule has 0 bridgehead atoms. The second-order valence-corrected chi connectivity index (χ2v) is 5.88. The molecule has 7 nitrogen and oxygen atoms in total. The van der Waals surface area contributed by atoms with Crippen molar-refractivity contribution in [3.8, 4) is 0 Å². The summed E-state index contributed by atoms with van der Waals surface area (Å²) in [5.74, 6) is -0.883. The Bertz CT molecular complexity index is 728. The van der Waals surface area contributed by atoms with Crippen LogP contribution >= 0.6 is 23.3 Å². The first kappa shape index (κ1) is 14.0. The van der Waals surface area contributed by atoms with E-state index in [1.807, 2.05) is 0 Å². The zero-order chi connectivity index (χ0) is 15.0. The van der Waals surface area contributed by atoms with Crippen molar-refractivity contribution in [3.05, 3.63) is 17.2 Å². The second kappa shape index (κ2) is 5.12. The molecule has 2 aromatic rings. The monoisotopic (exact) mass is 326 g/mol. The molecule has 0 saturated heterocycles. The lowest BCUT2D eigenvalue weighted by molar-refractivity contribution is -0.143. The number of carbonyl (C=O) groups is 2. The Labute approximate surface area is 128 Å². The normalized spacial score (nSPS) is 15.7. The summed E-state index contributed by atoms with van der Waals surface area (Å²) in [5.41, 5.74) is 0.724. The standard InChI is InChI=1S/C12H11ClN4O3S/c13-6-1-2-7-9(17-21-16-7)8(6)15-11(20)14-5-12(3-4-12)10(18)19/h1-2H,3-5H2,(H,18,19)(H2,14,15,20). The summed E-state index contributed by atoms with van der Waals surface area (Å²) >= 11 is 7.08. The molecule has 1 aliphatic carbocycles. The van der Waals surface area contributed by atoms with Crippen LogP contribution in [0.25, 0.3) is 11.0 Å². The topological polar surface area (TPSA) is 104 Å². The largest absolute Gasteiger partial charge is 0.481 e. The average Bonchev–Trinajstić information content (AvgIpc) is 3.10. The Morgan fingerprint density at radius 1 is 1.38 bits per heavy atom. The van der Waals surface area contributed by atoms with Crippen LogP contribution in [0.3, 0.4) is 0 Å². The minimum absolute atomic E-state index is 0.0943. The molecule has 3 rings (SSSR count). The highest BCUT2D eigenvalue weighted by Gasteiger charge is 2.50. The van der Waals surface area contributed by atoms with Crippen LogP contribution in [-0.4, -0.2) is 32.4 Å². The van der Waals surface area contributed by atoms with Crippen molar-refractivity contribution in [2.45, 2.75) is 12.8 Å². The Hall–Kier alpha value is -1.93. The molecular weight excluding hydrogens is 316 g/mol.